The van der Waals surface area contributed by atoms with Crippen molar-refractivity contribution in [2.24, 2.45) is 0 Å². The van der Waals surface area contributed by atoms with Crippen LogP contribution in [0, 0.1) is 0 Å². The van der Waals surface area contributed by atoms with Crippen molar-refractivity contribution < 1.29 is 9.53 Å². The Labute approximate surface area is 129 Å². The molecule has 0 bridgehead atoms. The number of carbonyl (C=O) groups excluding carboxylic acids is 1. The lowest BCUT2D eigenvalue weighted by Gasteiger charge is -2.06. The Morgan fingerprint density at radius 2 is 1.81 bits per heavy atom. The van der Waals surface area contributed by atoms with Crippen LogP contribution >= 0.6 is 11.6 Å². The standard InChI is InChI=1S/C17H16ClNO2/c1-2-21-17(20)16-15(13-10-6-7-11-14(13)18)19(16)12-8-4-3-5-9-12/h3-11,15-16H,2H2,1H3/t15-,16-,19?/m1/s1. The molecule has 1 aliphatic heterocycles. The van der Waals surface area contributed by atoms with Gasteiger partial charge in [0.25, 0.3) is 0 Å². The van der Waals surface area contributed by atoms with Gasteiger partial charge in [-0.2, -0.15) is 0 Å². The molecule has 2 aromatic rings. The predicted molar refractivity (Wildman–Crippen MR) is 83.5 cm³/mol. The third-order valence-electron chi connectivity index (χ3n) is 3.62. The van der Waals surface area contributed by atoms with Gasteiger partial charge in [-0.1, -0.05) is 48.0 Å². The average molecular weight is 302 g/mol. The van der Waals surface area contributed by atoms with Gasteiger partial charge in [0.15, 0.2) is 6.04 Å². The number of hydrogen-bond donors (Lipinski definition) is 0. The van der Waals surface area contributed by atoms with Crippen LogP contribution in [0.2, 0.25) is 5.02 Å². The third kappa shape index (κ3) is 2.61. The lowest BCUT2D eigenvalue weighted by molar-refractivity contribution is -0.142. The van der Waals surface area contributed by atoms with Crippen LogP contribution in [0.4, 0.5) is 5.69 Å². The maximum Gasteiger partial charge on any atom is 0.331 e. The summed E-state index contributed by atoms with van der Waals surface area (Å²) in [6.45, 7) is 2.20. The Kier molecular flexibility index (Phi) is 3.84. The Bertz CT molecular complexity index is 644. The van der Waals surface area contributed by atoms with E-state index in [4.69, 9.17) is 16.3 Å². The fraction of sp³-hybridized carbons (Fsp3) is 0.235. The maximum atomic E-state index is 12.2. The molecule has 1 fully saturated rings. The molecule has 1 saturated heterocycles. The first-order chi connectivity index (χ1) is 10.2. The number of para-hydroxylation sites is 1. The van der Waals surface area contributed by atoms with Gasteiger partial charge in [0.2, 0.25) is 0 Å². The zero-order chi connectivity index (χ0) is 14.8. The second kappa shape index (κ2) is 5.78. The van der Waals surface area contributed by atoms with E-state index in [1.165, 1.54) is 0 Å². The van der Waals surface area contributed by atoms with E-state index in [2.05, 4.69) is 0 Å². The van der Waals surface area contributed by atoms with E-state index in [1.807, 2.05) is 66.4 Å². The number of nitrogens with zero attached hydrogens (tertiary/aromatic N) is 1. The minimum Gasteiger partial charge on any atom is -0.464 e. The summed E-state index contributed by atoms with van der Waals surface area (Å²) in [7, 11) is 0. The van der Waals surface area contributed by atoms with Crippen molar-refractivity contribution in [1.82, 2.24) is 0 Å². The third-order valence-corrected chi connectivity index (χ3v) is 3.96. The van der Waals surface area contributed by atoms with Crippen molar-refractivity contribution in [3.05, 3.63) is 65.2 Å². The number of carbonyl (C=O) groups is 1. The predicted octanol–water partition coefficient (Wildman–Crippen LogP) is 3.83. The molecule has 2 atom stereocenters. The molecule has 0 amide bonds. The molecule has 3 rings (SSSR count). The number of halogens is 1. The molecular formula is C17H16ClNO2. The smallest absolute Gasteiger partial charge is 0.331 e. The van der Waals surface area contributed by atoms with Crippen LogP contribution in [0.1, 0.15) is 18.5 Å². The summed E-state index contributed by atoms with van der Waals surface area (Å²) in [5.74, 6) is -0.203. The van der Waals surface area contributed by atoms with Gasteiger partial charge < -0.3 is 9.64 Å². The molecule has 3 nitrogen and oxygen atoms in total. The Balaban J connectivity index is 1.94. The maximum absolute atomic E-state index is 12.2. The van der Waals surface area contributed by atoms with E-state index in [1.54, 1.807) is 0 Å². The van der Waals surface area contributed by atoms with Crippen LogP contribution in [0.15, 0.2) is 54.6 Å². The van der Waals surface area contributed by atoms with E-state index in [-0.39, 0.29) is 18.1 Å². The molecule has 0 unspecified atom stereocenters. The van der Waals surface area contributed by atoms with Crippen molar-refractivity contribution in [2.45, 2.75) is 19.0 Å². The van der Waals surface area contributed by atoms with Crippen LogP contribution in [-0.4, -0.2) is 18.6 Å². The minimum absolute atomic E-state index is 0.0554. The molecule has 0 saturated carbocycles. The van der Waals surface area contributed by atoms with Gasteiger partial charge in [0.05, 0.1) is 12.6 Å². The van der Waals surface area contributed by atoms with E-state index in [0.717, 1.165) is 11.3 Å². The first-order valence-corrected chi connectivity index (χ1v) is 7.36. The highest BCUT2D eigenvalue weighted by atomic mass is 35.5. The highest BCUT2D eigenvalue weighted by Gasteiger charge is 2.55. The number of anilines is 1. The number of ether oxygens (including phenoxy) is 1. The summed E-state index contributed by atoms with van der Waals surface area (Å²) < 4.78 is 5.19. The lowest BCUT2D eigenvalue weighted by atomic mass is 10.1. The van der Waals surface area contributed by atoms with Gasteiger partial charge >= 0.3 is 5.97 Å². The molecule has 0 aliphatic carbocycles. The van der Waals surface area contributed by atoms with E-state index in [0.29, 0.717) is 11.6 Å². The number of benzene rings is 2. The van der Waals surface area contributed by atoms with Crippen LogP contribution in [-0.2, 0) is 9.53 Å². The van der Waals surface area contributed by atoms with Gasteiger partial charge in [0, 0.05) is 10.7 Å². The summed E-state index contributed by atoms with van der Waals surface area (Å²) in [6, 6.07) is 17.1. The van der Waals surface area contributed by atoms with Crippen LogP contribution < -0.4 is 4.90 Å². The summed E-state index contributed by atoms with van der Waals surface area (Å²) in [5.41, 5.74) is 1.96. The topological polar surface area (TPSA) is 29.3 Å². The second-order valence-corrected chi connectivity index (χ2v) is 5.31. The first kappa shape index (κ1) is 14.0. The summed E-state index contributed by atoms with van der Waals surface area (Å²) in [5, 5.41) is 0.676. The van der Waals surface area contributed by atoms with Crippen molar-refractivity contribution in [3.8, 4) is 0 Å². The number of esters is 1. The van der Waals surface area contributed by atoms with Gasteiger partial charge in [-0.3, -0.25) is 0 Å². The monoisotopic (exact) mass is 301 g/mol. The van der Waals surface area contributed by atoms with E-state index >= 15 is 0 Å². The molecular weight excluding hydrogens is 286 g/mol. The zero-order valence-corrected chi connectivity index (χ0v) is 12.5. The molecule has 1 aliphatic rings. The number of hydrogen-bond acceptors (Lipinski definition) is 3. The van der Waals surface area contributed by atoms with Crippen LogP contribution in [0.25, 0.3) is 0 Å². The summed E-state index contributed by atoms with van der Waals surface area (Å²) in [6.07, 6.45) is 0. The number of rotatable bonds is 4. The van der Waals surface area contributed by atoms with Gasteiger partial charge in [-0.05, 0) is 30.7 Å². The Morgan fingerprint density at radius 3 is 2.48 bits per heavy atom. The lowest BCUT2D eigenvalue weighted by Crippen LogP contribution is -2.15. The molecule has 0 spiro atoms. The van der Waals surface area contributed by atoms with Crippen molar-refractivity contribution >= 4 is 23.3 Å². The fourth-order valence-electron chi connectivity index (χ4n) is 2.66. The molecule has 4 heteroatoms. The zero-order valence-electron chi connectivity index (χ0n) is 11.7. The second-order valence-electron chi connectivity index (χ2n) is 4.91. The highest BCUT2D eigenvalue weighted by molar-refractivity contribution is 6.31. The van der Waals surface area contributed by atoms with Crippen molar-refractivity contribution in [2.75, 3.05) is 11.5 Å². The highest BCUT2D eigenvalue weighted by Crippen LogP contribution is 2.49. The van der Waals surface area contributed by atoms with E-state index < -0.39 is 0 Å². The first-order valence-electron chi connectivity index (χ1n) is 6.98. The summed E-state index contributed by atoms with van der Waals surface area (Å²) in [4.78, 5) is 14.2. The van der Waals surface area contributed by atoms with Crippen molar-refractivity contribution in [1.29, 1.82) is 0 Å². The molecule has 21 heavy (non-hydrogen) atoms. The van der Waals surface area contributed by atoms with Crippen LogP contribution in [0.5, 0.6) is 0 Å². The quantitative estimate of drug-likeness (QED) is 0.635. The Hall–Kier alpha value is -2.00. The molecule has 0 N–H and O–H groups in total. The van der Waals surface area contributed by atoms with Gasteiger partial charge in [-0.15, -0.1) is 0 Å². The largest absolute Gasteiger partial charge is 0.464 e. The molecule has 0 radical (unpaired) electrons. The van der Waals surface area contributed by atoms with Gasteiger partial charge in [-0.25, -0.2) is 4.79 Å². The van der Waals surface area contributed by atoms with E-state index in [9.17, 15) is 4.79 Å². The normalized spacial score (nSPS) is 20.2. The molecule has 2 aromatic carbocycles. The Morgan fingerprint density at radius 1 is 1.14 bits per heavy atom. The van der Waals surface area contributed by atoms with Gasteiger partial charge in [0.1, 0.15) is 0 Å². The SMILES string of the molecule is CCOC(=O)[C@H]1[C@@H](c2ccccc2Cl)N1c1ccccc1. The average Bonchev–Trinajstić information content (AvgIpc) is 3.24. The summed E-state index contributed by atoms with van der Waals surface area (Å²) >= 11 is 6.28. The molecule has 0 aromatic heterocycles. The minimum atomic E-state index is -0.299. The molecule has 1 heterocycles. The molecule has 108 valence electrons. The van der Waals surface area contributed by atoms with Crippen LogP contribution in [0.3, 0.4) is 0 Å². The fourth-order valence-corrected chi connectivity index (χ4v) is 2.91. The van der Waals surface area contributed by atoms with Crippen molar-refractivity contribution in [3.63, 3.8) is 0 Å².